The largest absolute Gasteiger partial charge is 0.484 e. The van der Waals surface area contributed by atoms with Crippen molar-refractivity contribution in [3.63, 3.8) is 0 Å². The van der Waals surface area contributed by atoms with Crippen molar-refractivity contribution in [2.24, 2.45) is 0 Å². The summed E-state index contributed by atoms with van der Waals surface area (Å²) in [4.78, 5) is 28.3. The highest BCUT2D eigenvalue weighted by Crippen LogP contribution is 2.24. The SMILES string of the molecule is CCOCCCNC(=O)[C@@H](c1ccccc1)N(Cc1ccc(F)cc1)C(=O)COc1ccccc1. The maximum atomic E-state index is 13.5. The second kappa shape index (κ2) is 13.9. The molecule has 0 bridgehead atoms. The monoisotopic (exact) mass is 478 g/mol. The first-order valence-electron chi connectivity index (χ1n) is 11.7. The smallest absolute Gasteiger partial charge is 0.261 e. The lowest BCUT2D eigenvalue weighted by atomic mass is 10.0. The zero-order valence-electron chi connectivity index (χ0n) is 19.9. The molecule has 0 fully saturated rings. The van der Waals surface area contributed by atoms with Crippen LogP contribution in [0.15, 0.2) is 84.9 Å². The standard InChI is InChI=1S/C28H31FN2O4/c1-2-34-19-9-18-30-28(33)27(23-10-5-3-6-11-23)31(20-22-14-16-24(29)17-15-22)26(32)21-35-25-12-7-4-8-13-25/h3-8,10-17,27H,2,9,18-21H2,1H3,(H,30,33)/t27-/m1/s1. The van der Waals surface area contributed by atoms with E-state index in [0.29, 0.717) is 43.1 Å². The van der Waals surface area contributed by atoms with Gasteiger partial charge in [0, 0.05) is 26.3 Å². The Hall–Kier alpha value is -3.71. The maximum absolute atomic E-state index is 13.5. The summed E-state index contributed by atoms with van der Waals surface area (Å²) < 4.78 is 24.5. The summed E-state index contributed by atoms with van der Waals surface area (Å²) in [5, 5.41) is 2.93. The van der Waals surface area contributed by atoms with Crippen LogP contribution in [0, 0.1) is 5.82 Å². The number of nitrogens with zero attached hydrogens (tertiary/aromatic N) is 1. The molecule has 0 radical (unpaired) electrons. The lowest BCUT2D eigenvalue weighted by molar-refractivity contribution is -0.143. The molecule has 0 saturated heterocycles. The number of para-hydroxylation sites is 1. The second-order valence-electron chi connectivity index (χ2n) is 7.90. The molecular formula is C28H31FN2O4. The Morgan fingerprint density at radius 1 is 0.943 bits per heavy atom. The number of nitrogens with one attached hydrogen (secondary N) is 1. The Kier molecular flexibility index (Phi) is 10.3. The summed E-state index contributed by atoms with van der Waals surface area (Å²) in [7, 11) is 0. The minimum atomic E-state index is -0.889. The molecule has 184 valence electrons. The third-order valence-corrected chi connectivity index (χ3v) is 5.34. The van der Waals surface area contributed by atoms with Gasteiger partial charge in [-0.25, -0.2) is 4.39 Å². The van der Waals surface area contributed by atoms with E-state index >= 15 is 0 Å². The van der Waals surface area contributed by atoms with Crippen LogP contribution in [0.2, 0.25) is 0 Å². The lowest BCUT2D eigenvalue weighted by Gasteiger charge is -2.31. The number of carbonyl (C=O) groups excluding carboxylic acids is 2. The Morgan fingerprint density at radius 2 is 1.60 bits per heavy atom. The minimum Gasteiger partial charge on any atom is -0.484 e. The van der Waals surface area contributed by atoms with E-state index in [1.165, 1.54) is 17.0 Å². The van der Waals surface area contributed by atoms with Crippen LogP contribution in [0.1, 0.15) is 30.5 Å². The molecule has 7 heteroatoms. The molecule has 0 aliphatic rings. The zero-order valence-corrected chi connectivity index (χ0v) is 19.9. The molecule has 0 spiro atoms. The number of benzene rings is 3. The molecule has 35 heavy (non-hydrogen) atoms. The van der Waals surface area contributed by atoms with E-state index in [-0.39, 0.29) is 30.8 Å². The number of hydrogen-bond acceptors (Lipinski definition) is 4. The van der Waals surface area contributed by atoms with Crippen LogP contribution in [0.4, 0.5) is 4.39 Å². The highest BCUT2D eigenvalue weighted by molar-refractivity contribution is 5.89. The van der Waals surface area contributed by atoms with Gasteiger partial charge < -0.3 is 19.7 Å². The highest BCUT2D eigenvalue weighted by Gasteiger charge is 2.31. The normalized spacial score (nSPS) is 11.5. The van der Waals surface area contributed by atoms with Gasteiger partial charge in [-0.2, -0.15) is 0 Å². The van der Waals surface area contributed by atoms with Crippen LogP contribution in [-0.2, 0) is 20.9 Å². The molecule has 3 rings (SSSR count). The number of carbonyl (C=O) groups is 2. The molecule has 0 saturated carbocycles. The second-order valence-corrected chi connectivity index (χ2v) is 7.90. The Balaban J connectivity index is 1.85. The van der Waals surface area contributed by atoms with E-state index in [4.69, 9.17) is 9.47 Å². The Morgan fingerprint density at radius 3 is 2.26 bits per heavy atom. The lowest BCUT2D eigenvalue weighted by Crippen LogP contribution is -2.45. The van der Waals surface area contributed by atoms with Gasteiger partial charge in [-0.1, -0.05) is 60.7 Å². The molecular weight excluding hydrogens is 447 g/mol. The van der Waals surface area contributed by atoms with Crippen LogP contribution < -0.4 is 10.1 Å². The van der Waals surface area contributed by atoms with Gasteiger partial charge in [0.25, 0.3) is 5.91 Å². The molecule has 0 unspecified atom stereocenters. The number of rotatable bonds is 13. The quantitative estimate of drug-likeness (QED) is 0.367. The van der Waals surface area contributed by atoms with Gasteiger partial charge in [-0.15, -0.1) is 0 Å². The Labute approximate surface area is 205 Å². The first kappa shape index (κ1) is 25.9. The van der Waals surface area contributed by atoms with Gasteiger partial charge in [0.05, 0.1) is 0 Å². The van der Waals surface area contributed by atoms with Gasteiger partial charge in [-0.05, 0) is 48.7 Å². The first-order chi connectivity index (χ1) is 17.1. The Bertz CT molecular complexity index is 1050. The fourth-order valence-corrected chi connectivity index (χ4v) is 3.59. The van der Waals surface area contributed by atoms with Gasteiger partial charge in [0.2, 0.25) is 5.91 Å². The fraction of sp³-hybridized carbons (Fsp3) is 0.286. The predicted molar refractivity (Wildman–Crippen MR) is 132 cm³/mol. The fourth-order valence-electron chi connectivity index (χ4n) is 3.59. The van der Waals surface area contributed by atoms with Gasteiger partial charge in [0.1, 0.15) is 17.6 Å². The number of ether oxygens (including phenoxy) is 2. The summed E-state index contributed by atoms with van der Waals surface area (Å²) in [5.74, 6) is -0.482. The molecule has 1 N–H and O–H groups in total. The molecule has 0 aromatic heterocycles. The van der Waals surface area contributed by atoms with Crippen molar-refractivity contribution in [3.8, 4) is 5.75 Å². The third-order valence-electron chi connectivity index (χ3n) is 5.34. The van der Waals surface area contributed by atoms with E-state index in [9.17, 15) is 14.0 Å². The van der Waals surface area contributed by atoms with E-state index in [1.807, 2.05) is 55.5 Å². The van der Waals surface area contributed by atoms with Gasteiger partial charge in [0.15, 0.2) is 6.61 Å². The highest BCUT2D eigenvalue weighted by atomic mass is 19.1. The van der Waals surface area contributed by atoms with E-state index in [1.54, 1.807) is 24.3 Å². The molecule has 0 heterocycles. The average Bonchev–Trinajstić information content (AvgIpc) is 2.89. The predicted octanol–water partition coefficient (Wildman–Crippen LogP) is 4.52. The molecule has 2 amide bonds. The number of hydrogen-bond donors (Lipinski definition) is 1. The minimum absolute atomic E-state index is 0.114. The number of halogens is 1. The first-order valence-corrected chi connectivity index (χ1v) is 11.7. The van der Waals surface area contributed by atoms with Crippen molar-refractivity contribution in [1.82, 2.24) is 10.2 Å². The van der Waals surface area contributed by atoms with Crippen LogP contribution in [0.25, 0.3) is 0 Å². The molecule has 3 aromatic rings. The molecule has 1 atom stereocenters. The summed E-state index contributed by atoms with van der Waals surface area (Å²) in [6.07, 6.45) is 0.657. The van der Waals surface area contributed by atoms with Crippen molar-refractivity contribution < 1.29 is 23.5 Å². The topological polar surface area (TPSA) is 67.9 Å². The molecule has 0 aliphatic heterocycles. The summed E-state index contributed by atoms with van der Waals surface area (Å²) in [5.41, 5.74) is 1.37. The van der Waals surface area contributed by atoms with E-state index in [0.717, 1.165) is 0 Å². The molecule has 0 aliphatic carbocycles. The van der Waals surface area contributed by atoms with Crippen molar-refractivity contribution >= 4 is 11.8 Å². The van der Waals surface area contributed by atoms with Crippen LogP contribution in [0.3, 0.4) is 0 Å². The average molecular weight is 479 g/mol. The maximum Gasteiger partial charge on any atom is 0.261 e. The van der Waals surface area contributed by atoms with E-state index in [2.05, 4.69) is 5.32 Å². The van der Waals surface area contributed by atoms with Crippen molar-refractivity contribution in [2.45, 2.75) is 25.9 Å². The zero-order chi connectivity index (χ0) is 24.9. The van der Waals surface area contributed by atoms with Crippen molar-refractivity contribution in [3.05, 3.63) is 102 Å². The van der Waals surface area contributed by atoms with Crippen molar-refractivity contribution in [2.75, 3.05) is 26.4 Å². The number of amides is 2. The third kappa shape index (κ3) is 8.22. The molecule has 3 aromatic carbocycles. The van der Waals surface area contributed by atoms with Crippen LogP contribution in [0.5, 0.6) is 5.75 Å². The van der Waals surface area contributed by atoms with E-state index < -0.39 is 6.04 Å². The summed E-state index contributed by atoms with van der Waals surface area (Å²) in [6.45, 7) is 3.36. The summed E-state index contributed by atoms with van der Waals surface area (Å²) in [6, 6.07) is 23.1. The molecule has 6 nitrogen and oxygen atoms in total. The van der Waals surface area contributed by atoms with Gasteiger partial charge >= 0.3 is 0 Å². The van der Waals surface area contributed by atoms with Gasteiger partial charge in [-0.3, -0.25) is 9.59 Å². The van der Waals surface area contributed by atoms with Crippen LogP contribution in [-0.4, -0.2) is 43.1 Å². The van der Waals surface area contributed by atoms with Crippen molar-refractivity contribution in [1.29, 1.82) is 0 Å². The van der Waals surface area contributed by atoms with Crippen LogP contribution >= 0.6 is 0 Å². The summed E-state index contributed by atoms with van der Waals surface area (Å²) >= 11 is 0.